The maximum atomic E-state index is 12.4. The first-order valence-corrected chi connectivity index (χ1v) is 7.21. The third-order valence-corrected chi connectivity index (χ3v) is 3.46. The second-order valence-electron chi connectivity index (χ2n) is 5.22. The lowest BCUT2D eigenvalue weighted by molar-refractivity contribution is 0.0998. The van der Waals surface area contributed by atoms with Crippen LogP contribution in [0, 0.1) is 6.92 Å². The van der Waals surface area contributed by atoms with E-state index in [4.69, 9.17) is 4.42 Å². The number of benzene rings is 1. The van der Waals surface area contributed by atoms with Crippen LogP contribution in [0.15, 0.2) is 46.9 Å². The van der Waals surface area contributed by atoms with Gasteiger partial charge in [-0.1, -0.05) is 12.1 Å². The number of aromatic amines is 1. The van der Waals surface area contributed by atoms with Gasteiger partial charge in [0.15, 0.2) is 11.3 Å². The van der Waals surface area contributed by atoms with Gasteiger partial charge >= 0.3 is 0 Å². The second-order valence-corrected chi connectivity index (χ2v) is 5.22. The molecule has 0 bridgehead atoms. The number of tetrazole rings is 1. The maximum Gasteiger partial charge on any atom is 0.291 e. The first-order chi connectivity index (χ1) is 11.7. The van der Waals surface area contributed by atoms with Gasteiger partial charge in [-0.25, -0.2) is 4.98 Å². The van der Waals surface area contributed by atoms with Crippen LogP contribution >= 0.6 is 0 Å². The van der Waals surface area contributed by atoms with Crippen molar-refractivity contribution in [1.29, 1.82) is 0 Å². The number of pyridine rings is 1. The quantitative estimate of drug-likeness (QED) is 0.600. The van der Waals surface area contributed by atoms with Crippen molar-refractivity contribution in [3.05, 3.63) is 53.9 Å². The number of aryl methyl sites for hydroxylation is 1. The van der Waals surface area contributed by atoms with Crippen LogP contribution in [0.5, 0.6) is 0 Å². The molecule has 0 unspecified atom stereocenters. The summed E-state index contributed by atoms with van der Waals surface area (Å²) in [5, 5.41) is 16.5. The topological polar surface area (TPSA) is 110 Å². The monoisotopic (exact) mass is 320 g/mol. The molecule has 0 aliphatic rings. The summed E-state index contributed by atoms with van der Waals surface area (Å²) in [4.78, 5) is 16.7. The van der Waals surface area contributed by atoms with Crippen LogP contribution in [0.4, 0.5) is 5.69 Å². The first-order valence-electron chi connectivity index (χ1n) is 7.21. The Bertz CT molecular complexity index is 1020. The molecular formula is C16H12N6O2. The Morgan fingerprint density at radius 3 is 2.96 bits per heavy atom. The Morgan fingerprint density at radius 1 is 1.21 bits per heavy atom. The number of hydrogen-bond acceptors (Lipinski definition) is 6. The number of H-pyrrole nitrogens is 1. The minimum atomic E-state index is -0.351. The lowest BCUT2D eigenvalue weighted by atomic mass is 10.2. The van der Waals surface area contributed by atoms with Crippen molar-refractivity contribution in [2.24, 2.45) is 0 Å². The third kappa shape index (κ3) is 2.60. The molecule has 0 radical (unpaired) electrons. The van der Waals surface area contributed by atoms with Gasteiger partial charge in [0.1, 0.15) is 5.52 Å². The summed E-state index contributed by atoms with van der Waals surface area (Å²) in [5.41, 5.74) is 3.44. The van der Waals surface area contributed by atoms with Crippen molar-refractivity contribution in [3.8, 4) is 11.4 Å². The molecule has 118 valence electrons. The molecule has 8 heteroatoms. The molecule has 0 atom stereocenters. The second kappa shape index (κ2) is 5.58. The molecule has 0 aliphatic carbocycles. The number of aromatic nitrogens is 5. The SMILES string of the molecule is Cc1ccc2oc(C(=O)Nc3cccc(-c4nn[nH]n4)c3)cc2n1. The number of rotatable bonds is 3. The molecule has 1 amide bonds. The fraction of sp³-hybridized carbons (Fsp3) is 0.0625. The first kappa shape index (κ1) is 14.1. The van der Waals surface area contributed by atoms with E-state index in [-0.39, 0.29) is 11.7 Å². The van der Waals surface area contributed by atoms with Crippen LogP contribution in [0.2, 0.25) is 0 Å². The van der Waals surface area contributed by atoms with Gasteiger partial charge in [-0.05, 0) is 36.4 Å². The van der Waals surface area contributed by atoms with E-state index in [1.165, 1.54) is 0 Å². The number of fused-ring (bicyclic) bond motifs is 1. The van der Waals surface area contributed by atoms with E-state index in [0.717, 1.165) is 11.3 Å². The van der Waals surface area contributed by atoms with Gasteiger partial charge < -0.3 is 9.73 Å². The predicted molar refractivity (Wildman–Crippen MR) is 86.3 cm³/mol. The molecule has 0 fully saturated rings. The largest absolute Gasteiger partial charge is 0.449 e. The van der Waals surface area contributed by atoms with E-state index in [0.29, 0.717) is 22.6 Å². The van der Waals surface area contributed by atoms with Gasteiger partial charge in [0.25, 0.3) is 5.91 Å². The van der Waals surface area contributed by atoms with Gasteiger partial charge in [-0.2, -0.15) is 5.21 Å². The zero-order valence-corrected chi connectivity index (χ0v) is 12.6. The van der Waals surface area contributed by atoms with E-state index in [9.17, 15) is 4.79 Å². The highest BCUT2D eigenvalue weighted by Gasteiger charge is 2.14. The number of nitrogens with one attached hydrogen (secondary N) is 2. The Morgan fingerprint density at radius 2 is 2.12 bits per heavy atom. The summed E-state index contributed by atoms with van der Waals surface area (Å²) in [6.07, 6.45) is 0. The molecule has 3 aromatic heterocycles. The fourth-order valence-electron chi connectivity index (χ4n) is 2.35. The van der Waals surface area contributed by atoms with Crippen LogP contribution in [0.3, 0.4) is 0 Å². The smallest absolute Gasteiger partial charge is 0.291 e. The highest BCUT2D eigenvalue weighted by Crippen LogP contribution is 2.21. The Balaban J connectivity index is 1.60. The summed E-state index contributed by atoms with van der Waals surface area (Å²) in [6, 6.07) is 12.4. The minimum absolute atomic E-state index is 0.202. The third-order valence-electron chi connectivity index (χ3n) is 3.46. The number of carbonyl (C=O) groups excluding carboxylic acids is 1. The van der Waals surface area contributed by atoms with Gasteiger partial charge in [0.2, 0.25) is 5.82 Å². The molecule has 0 aliphatic heterocycles. The lowest BCUT2D eigenvalue weighted by Gasteiger charge is -2.04. The summed E-state index contributed by atoms with van der Waals surface area (Å²) in [6.45, 7) is 1.88. The molecule has 0 saturated carbocycles. The predicted octanol–water partition coefficient (Wildman–Crippen LogP) is 2.57. The number of anilines is 1. The summed E-state index contributed by atoms with van der Waals surface area (Å²) >= 11 is 0. The summed E-state index contributed by atoms with van der Waals surface area (Å²) < 4.78 is 5.55. The molecule has 1 aromatic carbocycles. The van der Waals surface area contributed by atoms with E-state index < -0.39 is 0 Å². The number of furan rings is 1. The Kier molecular flexibility index (Phi) is 3.27. The van der Waals surface area contributed by atoms with Crippen LogP contribution in [-0.2, 0) is 0 Å². The van der Waals surface area contributed by atoms with E-state index in [2.05, 4.69) is 30.9 Å². The Hall–Kier alpha value is -3.55. The summed E-state index contributed by atoms with van der Waals surface area (Å²) in [5.74, 6) is 0.304. The fourth-order valence-corrected chi connectivity index (χ4v) is 2.35. The number of carbonyl (C=O) groups is 1. The molecule has 4 aromatic rings. The van der Waals surface area contributed by atoms with Gasteiger partial charge in [-0.15, -0.1) is 10.2 Å². The van der Waals surface area contributed by atoms with Crippen molar-refractivity contribution >= 4 is 22.7 Å². The Labute approximate surface area is 135 Å². The van der Waals surface area contributed by atoms with Crippen molar-refractivity contribution in [3.63, 3.8) is 0 Å². The average Bonchev–Trinajstić information content (AvgIpc) is 3.24. The van der Waals surface area contributed by atoms with Crippen molar-refractivity contribution in [2.45, 2.75) is 6.92 Å². The molecular weight excluding hydrogens is 308 g/mol. The molecule has 0 spiro atoms. The molecule has 0 saturated heterocycles. The zero-order chi connectivity index (χ0) is 16.5. The summed E-state index contributed by atoms with van der Waals surface area (Å²) in [7, 11) is 0. The highest BCUT2D eigenvalue weighted by molar-refractivity contribution is 6.04. The van der Waals surface area contributed by atoms with Crippen LogP contribution in [0.1, 0.15) is 16.2 Å². The highest BCUT2D eigenvalue weighted by atomic mass is 16.3. The number of nitrogens with zero attached hydrogens (tertiary/aromatic N) is 4. The molecule has 3 heterocycles. The van der Waals surface area contributed by atoms with Crippen LogP contribution in [0.25, 0.3) is 22.5 Å². The van der Waals surface area contributed by atoms with Crippen LogP contribution < -0.4 is 5.32 Å². The standard InChI is InChI=1S/C16H12N6O2/c1-9-5-6-13-12(17-9)8-14(24-13)16(23)18-11-4-2-3-10(7-11)15-19-21-22-20-15/h2-8H,1H3,(H,18,23)(H,19,20,21,22). The van der Waals surface area contributed by atoms with Gasteiger partial charge in [0.05, 0.1) is 0 Å². The number of hydrogen-bond donors (Lipinski definition) is 2. The van der Waals surface area contributed by atoms with Gasteiger partial charge in [0, 0.05) is 23.0 Å². The van der Waals surface area contributed by atoms with E-state index >= 15 is 0 Å². The van der Waals surface area contributed by atoms with Crippen LogP contribution in [-0.4, -0.2) is 31.5 Å². The molecule has 4 rings (SSSR count). The minimum Gasteiger partial charge on any atom is -0.449 e. The lowest BCUT2D eigenvalue weighted by Crippen LogP contribution is -2.10. The molecule has 2 N–H and O–H groups in total. The normalized spacial score (nSPS) is 10.9. The van der Waals surface area contributed by atoms with Crippen molar-refractivity contribution in [2.75, 3.05) is 5.32 Å². The molecule has 8 nitrogen and oxygen atoms in total. The van der Waals surface area contributed by atoms with Crippen molar-refractivity contribution in [1.82, 2.24) is 25.6 Å². The maximum absolute atomic E-state index is 12.4. The van der Waals surface area contributed by atoms with E-state index in [1.54, 1.807) is 30.3 Å². The zero-order valence-electron chi connectivity index (χ0n) is 12.6. The van der Waals surface area contributed by atoms with E-state index in [1.807, 2.05) is 19.1 Å². The average molecular weight is 320 g/mol. The number of amides is 1. The van der Waals surface area contributed by atoms with Crippen molar-refractivity contribution < 1.29 is 9.21 Å². The molecule has 24 heavy (non-hydrogen) atoms. The van der Waals surface area contributed by atoms with Gasteiger partial charge in [-0.3, -0.25) is 4.79 Å².